The quantitative estimate of drug-likeness (QED) is 0.762. The van der Waals surface area contributed by atoms with Gasteiger partial charge in [-0.25, -0.2) is 0 Å². The Hall–Kier alpha value is -1.55. The minimum Gasteiger partial charge on any atom is -0.398 e. The summed E-state index contributed by atoms with van der Waals surface area (Å²) in [5.74, 6) is 0.0520. The van der Waals surface area contributed by atoms with Crippen molar-refractivity contribution in [2.45, 2.75) is 19.9 Å². The molecule has 1 atom stereocenters. The molecule has 1 fully saturated rings. The van der Waals surface area contributed by atoms with Crippen LogP contribution in [0.25, 0.3) is 0 Å². The molecule has 0 bridgehead atoms. The van der Waals surface area contributed by atoms with Crippen LogP contribution in [0.2, 0.25) is 0 Å². The van der Waals surface area contributed by atoms with E-state index in [1.165, 1.54) is 0 Å². The van der Waals surface area contributed by atoms with Crippen LogP contribution in [0.1, 0.15) is 22.8 Å². The SMILES string of the molecule is Cc1ccc(N)c(C(=O)N2CCN(C)C(C)C2)c1. The number of nitrogens with two attached hydrogens (primary N) is 1. The zero-order valence-electron chi connectivity index (χ0n) is 11.3. The molecular formula is C14H21N3O. The van der Waals surface area contributed by atoms with E-state index in [-0.39, 0.29) is 5.91 Å². The molecule has 1 aromatic carbocycles. The van der Waals surface area contributed by atoms with Gasteiger partial charge in [-0.1, -0.05) is 11.6 Å². The molecule has 0 saturated carbocycles. The molecule has 1 amide bonds. The minimum atomic E-state index is 0.0520. The van der Waals surface area contributed by atoms with Crippen molar-refractivity contribution >= 4 is 11.6 Å². The molecule has 1 aliphatic rings. The third-order valence-electron chi connectivity index (χ3n) is 3.69. The molecule has 1 aromatic rings. The lowest BCUT2D eigenvalue weighted by Gasteiger charge is -2.37. The number of amides is 1. The van der Waals surface area contributed by atoms with E-state index < -0.39 is 0 Å². The predicted octanol–water partition coefficient (Wildman–Crippen LogP) is 1.35. The van der Waals surface area contributed by atoms with Crippen molar-refractivity contribution in [1.29, 1.82) is 0 Å². The zero-order valence-corrected chi connectivity index (χ0v) is 11.3. The Morgan fingerprint density at radius 1 is 1.39 bits per heavy atom. The summed E-state index contributed by atoms with van der Waals surface area (Å²) in [6, 6.07) is 6.01. The van der Waals surface area contributed by atoms with E-state index in [1.807, 2.05) is 30.0 Å². The number of rotatable bonds is 1. The van der Waals surface area contributed by atoms with E-state index >= 15 is 0 Å². The monoisotopic (exact) mass is 247 g/mol. The summed E-state index contributed by atoms with van der Waals surface area (Å²) in [4.78, 5) is 16.6. The maximum atomic E-state index is 12.5. The van der Waals surface area contributed by atoms with E-state index in [0.29, 0.717) is 17.3 Å². The van der Waals surface area contributed by atoms with Crippen molar-refractivity contribution in [2.75, 3.05) is 32.4 Å². The molecular weight excluding hydrogens is 226 g/mol. The van der Waals surface area contributed by atoms with Gasteiger partial charge in [-0.2, -0.15) is 0 Å². The number of benzene rings is 1. The highest BCUT2D eigenvalue weighted by Gasteiger charge is 2.25. The summed E-state index contributed by atoms with van der Waals surface area (Å²) in [7, 11) is 2.09. The van der Waals surface area contributed by atoms with Crippen LogP contribution in [0.5, 0.6) is 0 Å². The zero-order chi connectivity index (χ0) is 13.3. The summed E-state index contributed by atoms with van der Waals surface area (Å²) in [5, 5.41) is 0. The average molecular weight is 247 g/mol. The molecule has 98 valence electrons. The van der Waals surface area contributed by atoms with Crippen LogP contribution >= 0.6 is 0 Å². The number of hydrogen-bond donors (Lipinski definition) is 1. The molecule has 4 heteroatoms. The molecule has 18 heavy (non-hydrogen) atoms. The Kier molecular flexibility index (Phi) is 3.57. The number of carbonyl (C=O) groups is 1. The van der Waals surface area contributed by atoms with Gasteiger partial charge in [-0.3, -0.25) is 4.79 Å². The van der Waals surface area contributed by atoms with Gasteiger partial charge in [0.05, 0.1) is 5.56 Å². The van der Waals surface area contributed by atoms with E-state index in [9.17, 15) is 4.79 Å². The van der Waals surface area contributed by atoms with Crippen molar-refractivity contribution in [1.82, 2.24) is 9.80 Å². The molecule has 0 aromatic heterocycles. The van der Waals surface area contributed by atoms with E-state index in [0.717, 1.165) is 25.2 Å². The highest BCUT2D eigenvalue weighted by Crippen LogP contribution is 2.18. The largest absolute Gasteiger partial charge is 0.398 e. The molecule has 0 aliphatic carbocycles. The number of carbonyl (C=O) groups excluding carboxylic acids is 1. The summed E-state index contributed by atoms with van der Waals surface area (Å²) in [6.07, 6.45) is 0. The molecule has 2 rings (SSSR count). The van der Waals surface area contributed by atoms with Crippen LogP contribution in [-0.4, -0.2) is 48.4 Å². The second kappa shape index (κ2) is 4.98. The van der Waals surface area contributed by atoms with Crippen LogP contribution in [0, 0.1) is 6.92 Å². The first kappa shape index (κ1) is 12.9. The first-order valence-electron chi connectivity index (χ1n) is 6.34. The molecule has 2 N–H and O–H groups in total. The standard InChI is InChI=1S/C14H21N3O/c1-10-4-5-13(15)12(8-10)14(18)17-7-6-16(3)11(2)9-17/h4-5,8,11H,6-7,9,15H2,1-3H3. The lowest BCUT2D eigenvalue weighted by molar-refractivity contribution is 0.0573. The van der Waals surface area contributed by atoms with Crippen molar-refractivity contribution in [3.63, 3.8) is 0 Å². The normalized spacial score (nSPS) is 21.1. The maximum Gasteiger partial charge on any atom is 0.256 e. The fraction of sp³-hybridized carbons (Fsp3) is 0.500. The van der Waals surface area contributed by atoms with Crippen molar-refractivity contribution in [3.8, 4) is 0 Å². The van der Waals surface area contributed by atoms with Crippen molar-refractivity contribution < 1.29 is 4.79 Å². The van der Waals surface area contributed by atoms with Gasteiger partial charge in [0.25, 0.3) is 5.91 Å². The molecule has 0 spiro atoms. The lowest BCUT2D eigenvalue weighted by Crippen LogP contribution is -2.52. The summed E-state index contributed by atoms with van der Waals surface area (Å²) < 4.78 is 0. The molecule has 0 radical (unpaired) electrons. The van der Waals surface area contributed by atoms with Crippen molar-refractivity contribution in [2.24, 2.45) is 0 Å². The highest BCUT2D eigenvalue weighted by atomic mass is 16.2. The predicted molar refractivity (Wildman–Crippen MR) is 73.6 cm³/mol. The Labute approximate surface area is 108 Å². The number of hydrogen-bond acceptors (Lipinski definition) is 3. The van der Waals surface area contributed by atoms with Gasteiger partial charge in [0.1, 0.15) is 0 Å². The average Bonchev–Trinajstić information content (AvgIpc) is 2.35. The van der Waals surface area contributed by atoms with Gasteiger partial charge in [0, 0.05) is 31.4 Å². The van der Waals surface area contributed by atoms with Crippen LogP contribution in [-0.2, 0) is 0 Å². The van der Waals surface area contributed by atoms with Crippen molar-refractivity contribution in [3.05, 3.63) is 29.3 Å². The smallest absolute Gasteiger partial charge is 0.256 e. The van der Waals surface area contributed by atoms with Crippen LogP contribution in [0.15, 0.2) is 18.2 Å². The highest BCUT2D eigenvalue weighted by molar-refractivity contribution is 5.99. The number of nitrogens with zero attached hydrogens (tertiary/aromatic N) is 2. The molecule has 1 saturated heterocycles. The Bertz CT molecular complexity index is 458. The van der Waals surface area contributed by atoms with Gasteiger partial charge >= 0.3 is 0 Å². The summed E-state index contributed by atoms with van der Waals surface area (Å²) in [6.45, 7) is 6.57. The Morgan fingerprint density at radius 2 is 2.11 bits per heavy atom. The molecule has 1 unspecified atom stereocenters. The number of anilines is 1. The van der Waals surface area contributed by atoms with E-state index in [1.54, 1.807) is 0 Å². The van der Waals surface area contributed by atoms with E-state index in [2.05, 4.69) is 18.9 Å². The number of piperazine rings is 1. The second-order valence-corrected chi connectivity index (χ2v) is 5.17. The summed E-state index contributed by atoms with van der Waals surface area (Å²) >= 11 is 0. The fourth-order valence-electron chi connectivity index (χ4n) is 2.26. The van der Waals surface area contributed by atoms with Crippen LogP contribution in [0.3, 0.4) is 0 Å². The van der Waals surface area contributed by atoms with E-state index in [4.69, 9.17) is 5.73 Å². The third kappa shape index (κ3) is 2.48. The van der Waals surface area contributed by atoms with Gasteiger partial charge in [0.2, 0.25) is 0 Å². The number of likely N-dealkylation sites (N-methyl/N-ethyl adjacent to an activating group) is 1. The van der Waals surface area contributed by atoms with Crippen LogP contribution in [0.4, 0.5) is 5.69 Å². The van der Waals surface area contributed by atoms with Gasteiger partial charge < -0.3 is 15.5 Å². The third-order valence-corrected chi connectivity index (χ3v) is 3.69. The van der Waals surface area contributed by atoms with Gasteiger partial charge in [-0.05, 0) is 33.0 Å². The first-order valence-corrected chi connectivity index (χ1v) is 6.34. The molecule has 1 aliphatic heterocycles. The Morgan fingerprint density at radius 3 is 2.78 bits per heavy atom. The minimum absolute atomic E-state index is 0.0520. The fourth-order valence-corrected chi connectivity index (χ4v) is 2.26. The van der Waals surface area contributed by atoms with Gasteiger partial charge in [0.15, 0.2) is 0 Å². The summed E-state index contributed by atoms with van der Waals surface area (Å²) in [5.41, 5.74) is 8.16. The second-order valence-electron chi connectivity index (χ2n) is 5.17. The first-order chi connectivity index (χ1) is 8.49. The number of aryl methyl sites for hydroxylation is 1. The maximum absolute atomic E-state index is 12.5. The molecule has 1 heterocycles. The Balaban J connectivity index is 2.19. The topological polar surface area (TPSA) is 49.6 Å². The van der Waals surface area contributed by atoms with Crippen LogP contribution < -0.4 is 5.73 Å². The van der Waals surface area contributed by atoms with Gasteiger partial charge in [-0.15, -0.1) is 0 Å². The lowest BCUT2D eigenvalue weighted by atomic mass is 10.1. The number of nitrogen functional groups attached to an aromatic ring is 1. The molecule has 4 nitrogen and oxygen atoms in total.